The van der Waals surface area contributed by atoms with Crippen molar-refractivity contribution in [1.82, 2.24) is 15.2 Å². The van der Waals surface area contributed by atoms with Crippen LogP contribution in [0.2, 0.25) is 0 Å². The number of thioether (sulfide) groups is 1. The Balaban J connectivity index is 1.68. The van der Waals surface area contributed by atoms with Crippen molar-refractivity contribution in [3.63, 3.8) is 0 Å². The molecule has 3 aromatic carbocycles. The third kappa shape index (κ3) is 3.84. The van der Waals surface area contributed by atoms with E-state index < -0.39 is 6.23 Å². The van der Waals surface area contributed by atoms with Crippen LogP contribution in [0, 0.1) is 0 Å². The minimum atomic E-state index is -0.508. The summed E-state index contributed by atoms with van der Waals surface area (Å²) in [6.07, 6.45) is 3.48. The Kier molecular flexibility index (Phi) is 5.81. The highest BCUT2D eigenvalue weighted by molar-refractivity contribution is 7.98. The number of fused-ring (bicyclic) bond motifs is 4. The Morgan fingerprint density at radius 3 is 2.75 bits per heavy atom. The van der Waals surface area contributed by atoms with Crippen LogP contribution in [0.1, 0.15) is 31.6 Å². The average Bonchev–Trinajstić information content (AvgIpc) is 3.00. The van der Waals surface area contributed by atoms with E-state index in [1.54, 1.807) is 0 Å². The zero-order chi connectivity index (χ0) is 21.9. The first-order valence-corrected chi connectivity index (χ1v) is 12.0. The van der Waals surface area contributed by atoms with Gasteiger partial charge < -0.3 is 14.8 Å². The smallest absolute Gasteiger partial charge is 0.247 e. The number of para-hydroxylation sites is 1. The van der Waals surface area contributed by atoms with Crippen molar-refractivity contribution in [2.45, 2.75) is 31.1 Å². The lowest BCUT2D eigenvalue weighted by Crippen LogP contribution is -2.19. The van der Waals surface area contributed by atoms with Gasteiger partial charge in [0, 0.05) is 11.3 Å². The number of anilines is 1. The lowest BCUT2D eigenvalue weighted by Gasteiger charge is -2.23. The molecule has 0 spiro atoms. The van der Waals surface area contributed by atoms with E-state index in [0.29, 0.717) is 23.3 Å². The van der Waals surface area contributed by atoms with Gasteiger partial charge in [0.2, 0.25) is 17.3 Å². The van der Waals surface area contributed by atoms with Gasteiger partial charge in [0.15, 0.2) is 5.69 Å². The van der Waals surface area contributed by atoms with Crippen LogP contribution in [0.5, 0.6) is 11.6 Å². The summed E-state index contributed by atoms with van der Waals surface area (Å²) >= 11 is 1.44. The quantitative estimate of drug-likeness (QED) is 0.285. The second kappa shape index (κ2) is 9.04. The van der Waals surface area contributed by atoms with E-state index in [1.807, 2.05) is 48.7 Å². The number of hydrogen-bond acceptors (Lipinski definition) is 7. The molecule has 6 nitrogen and oxygen atoms in total. The zero-order valence-electron chi connectivity index (χ0n) is 18.0. The van der Waals surface area contributed by atoms with Gasteiger partial charge >= 0.3 is 0 Å². The average molecular weight is 445 g/mol. The lowest BCUT2D eigenvalue weighted by atomic mass is 10.0. The van der Waals surface area contributed by atoms with E-state index in [0.717, 1.165) is 46.2 Å². The molecule has 0 bridgehead atoms. The van der Waals surface area contributed by atoms with Crippen LogP contribution in [0.15, 0.2) is 65.8 Å². The van der Waals surface area contributed by atoms with E-state index in [9.17, 15) is 0 Å². The SMILES string of the molecule is CCCCOc1ccc2ccccc2c1[C@H]1Nc2ccccc2-c2nnc(SC)nc2O1. The molecule has 2 heterocycles. The summed E-state index contributed by atoms with van der Waals surface area (Å²) in [6.45, 7) is 2.81. The Morgan fingerprint density at radius 1 is 1.03 bits per heavy atom. The molecule has 0 saturated heterocycles. The van der Waals surface area contributed by atoms with Crippen molar-refractivity contribution in [3.8, 4) is 22.9 Å². The van der Waals surface area contributed by atoms with Crippen molar-refractivity contribution in [1.29, 1.82) is 0 Å². The first kappa shape index (κ1) is 20.6. The van der Waals surface area contributed by atoms with Crippen LogP contribution in [-0.4, -0.2) is 28.0 Å². The molecule has 0 unspecified atom stereocenters. The van der Waals surface area contributed by atoms with Crippen LogP contribution in [0.4, 0.5) is 5.69 Å². The molecule has 1 atom stereocenters. The molecule has 32 heavy (non-hydrogen) atoms. The molecular formula is C25H24N4O2S. The van der Waals surface area contributed by atoms with Gasteiger partial charge in [-0.1, -0.05) is 73.6 Å². The van der Waals surface area contributed by atoms with E-state index in [2.05, 4.69) is 45.6 Å². The molecule has 1 N–H and O–H groups in total. The van der Waals surface area contributed by atoms with Crippen LogP contribution in [-0.2, 0) is 0 Å². The van der Waals surface area contributed by atoms with Gasteiger partial charge in [0.1, 0.15) is 5.75 Å². The van der Waals surface area contributed by atoms with Gasteiger partial charge in [0.25, 0.3) is 0 Å². The predicted octanol–water partition coefficient (Wildman–Crippen LogP) is 6.10. The highest BCUT2D eigenvalue weighted by atomic mass is 32.2. The van der Waals surface area contributed by atoms with Gasteiger partial charge in [-0.3, -0.25) is 0 Å². The predicted molar refractivity (Wildman–Crippen MR) is 128 cm³/mol. The number of nitrogens with one attached hydrogen (secondary N) is 1. The van der Waals surface area contributed by atoms with E-state index in [4.69, 9.17) is 9.47 Å². The van der Waals surface area contributed by atoms with Gasteiger partial charge in [-0.05, 0) is 35.6 Å². The molecule has 0 radical (unpaired) electrons. The molecular weight excluding hydrogens is 420 g/mol. The number of hydrogen-bond donors (Lipinski definition) is 1. The second-order valence-electron chi connectivity index (χ2n) is 7.54. The summed E-state index contributed by atoms with van der Waals surface area (Å²) in [7, 11) is 0. The van der Waals surface area contributed by atoms with Gasteiger partial charge in [-0.25, -0.2) is 0 Å². The number of rotatable bonds is 6. The highest BCUT2D eigenvalue weighted by Gasteiger charge is 2.29. The number of nitrogens with zero attached hydrogens (tertiary/aromatic N) is 3. The van der Waals surface area contributed by atoms with Gasteiger partial charge in [-0.15, -0.1) is 10.2 Å². The molecule has 4 aromatic rings. The monoisotopic (exact) mass is 444 g/mol. The molecule has 162 valence electrons. The van der Waals surface area contributed by atoms with Gasteiger partial charge in [0.05, 0.1) is 12.2 Å². The fourth-order valence-electron chi connectivity index (χ4n) is 3.86. The molecule has 0 fully saturated rings. The summed E-state index contributed by atoms with van der Waals surface area (Å²) in [5.41, 5.74) is 3.40. The van der Waals surface area contributed by atoms with Crippen LogP contribution < -0.4 is 14.8 Å². The van der Waals surface area contributed by atoms with Crippen LogP contribution in [0.25, 0.3) is 22.0 Å². The molecule has 1 aliphatic rings. The normalized spacial score (nSPS) is 14.6. The van der Waals surface area contributed by atoms with Crippen molar-refractivity contribution < 1.29 is 9.47 Å². The third-order valence-electron chi connectivity index (χ3n) is 5.46. The zero-order valence-corrected chi connectivity index (χ0v) is 18.9. The highest BCUT2D eigenvalue weighted by Crippen LogP contribution is 2.43. The largest absolute Gasteiger partial charge is 0.493 e. The molecule has 0 aliphatic carbocycles. The molecule has 1 aromatic heterocycles. The minimum absolute atomic E-state index is 0.458. The molecule has 0 saturated carbocycles. The van der Waals surface area contributed by atoms with Crippen molar-refractivity contribution in [3.05, 3.63) is 66.2 Å². The number of unbranched alkanes of at least 4 members (excludes halogenated alkanes) is 1. The number of ether oxygens (including phenoxy) is 2. The number of aromatic nitrogens is 3. The van der Waals surface area contributed by atoms with Crippen molar-refractivity contribution in [2.75, 3.05) is 18.2 Å². The summed E-state index contributed by atoms with van der Waals surface area (Å²) in [5, 5.41) is 15.0. The Hall–Kier alpha value is -3.32. The number of benzene rings is 3. The van der Waals surface area contributed by atoms with Crippen molar-refractivity contribution in [2.24, 2.45) is 0 Å². The summed E-state index contributed by atoms with van der Waals surface area (Å²) in [5.74, 6) is 1.27. The summed E-state index contributed by atoms with van der Waals surface area (Å²) in [6, 6.07) is 20.4. The third-order valence-corrected chi connectivity index (χ3v) is 6.00. The standard InChI is InChI=1S/C25H24N4O2S/c1-3-4-15-30-20-14-13-16-9-5-6-10-17(16)21(20)23-26-19-12-8-7-11-18(19)22-24(31-23)27-25(32-2)29-28-22/h5-14,23,26H,3-4,15H2,1-2H3/t23-/m0/s1. The summed E-state index contributed by atoms with van der Waals surface area (Å²) in [4.78, 5) is 4.64. The molecule has 5 rings (SSSR count). The first-order chi connectivity index (χ1) is 15.8. The Bertz CT molecular complexity index is 1260. The van der Waals surface area contributed by atoms with Gasteiger partial charge in [-0.2, -0.15) is 4.98 Å². The molecule has 1 aliphatic heterocycles. The van der Waals surface area contributed by atoms with E-state index in [-0.39, 0.29) is 0 Å². The van der Waals surface area contributed by atoms with E-state index in [1.165, 1.54) is 11.8 Å². The van der Waals surface area contributed by atoms with Crippen LogP contribution in [0.3, 0.4) is 0 Å². The van der Waals surface area contributed by atoms with E-state index >= 15 is 0 Å². The Labute approximate surface area is 191 Å². The lowest BCUT2D eigenvalue weighted by molar-refractivity contribution is 0.217. The Morgan fingerprint density at radius 2 is 1.88 bits per heavy atom. The fraction of sp³-hybridized carbons (Fsp3) is 0.240. The minimum Gasteiger partial charge on any atom is -0.493 e. The maximum absolute atomic E-state index is 6.50. The molecule has 0 amide bonds. The topological polar surface area (TPSA) is 69.2 Å². The molecule has 7 heteroatoms. The fourth-order valence-corrected chi connectivity index (χ4v) is 4.16. The first-order valence-electron chi connectivity index (χ1n) is 10.7. The maximum Gasteiger partial charge on any atom is 0.247 e. The second-order valence-corrected chi connectivity index (χ2v) is 8.31. The van der Waals surface area contributed by atoms with Crippen molar-refractivity contribution >= 4 is 28.2 Å². The van der Waals surface area contributed by atoms with Crippen LogP contribution >= 0.6 is 11.8 Å². The summed E-state index contributed by atoms with van der Waals surface area (Å²) < 4.78 is 12.7. The maximum atomic E-state index is 6.50.